The first-order valence-electron chi connectivity index (χ1n) is 9.18. The molecule has 0 aliphatic carbocycles. The molecule has 0 aliphatic rings. The number of amides is 1. The molecule has 2 N–H and O–H groups in total. The summed E-state index contributed by atoms with van der Waals surface area (Å²) in [7, 11) is 1.57. The predicted octanol–water partition coefficient (Wildman–Crippen LogP) is 3.87. The molecular formula is C23H21BrN2O5. The smallest absolute Gasteiger partial charge is 0.341 e. The molecule has 7 nitrogen and oxygen atoms in total. The Hall–Kier alpha value is -3.57. The number of carbonyl (C=O) groups is 2. The number of hydrogen-bond donors (Lipinski definition) is 2. The van der Waals surface area contributed by atoms with Crippen LogP contribution in [0.3, 0.4) is 0 Å². The van der Waals surface area contributed by atoms with Crippen LogP contribution in [0, 0.1) is 11.3 Å². The fourth-order valence-electron chi connectivity index (χ4n) is 2.70. The highest BCUT2D eigenvalue weighted by Gasteiger charge is 2.14. The number of hydrogen-bond acceptors (Lipinski definition) is 5. The molecule has 0 radical (unpaired) electrons. The summed E-state index contributed by atoms with van der Waals surface area (Å²) in [5, 5.41) is 21.0. The number of allylic oxidation sites excluding steroid dienone is 1. The van der Waals surface area contributed by atoms with E-state index in [1.807, 2.05) is 18.2 Å². The highest BCUT2D eigenvalue weighted by Crippen LogP contribution is 2.32. The largest absolute Gasteiger partial charge is 0.497 e. The van der Waals surface area contributed by atoms with Crippen molar-refractivity contribution >= 4 is 33.9 Å². The van der Waals surface area contributed by atoms with Crippen LogP contribution in [0.4, 0.5) is 0 Å². The number of carbonyl (C=O) groups excluding carboxylic acids is 1. The topological polar surface area (TPSA) is 109 Å². The Morgan fingerprint density at radius 1 is 1.29 bits per heavy atom. The van der Waals surface area contributed by atoms with Crippen molar-refractivity contribution in [1.82, 2.24) is 5.32 Å². The van der Waals surface area contributed by atoms with Crippen LogP contribution < -0.4 is 14.8 Å². The van der Waals surface area contributed by atoms with E-state index < -0.39 is 18.5 Å². The fraction of sp³-hybridized carbons (Fsp3) is 0.174. The number of carboxylic acid groups (broad SMARTS) is 1. The first kappa shape index (κ1) is 23.7. The highest BCUT2D eigenvalue weighted by molar-refractivity contribution is 9.10. The van der Waals surface area contributed by atoms with Gasteiger partial charge in [0.05, 0.1) is 11.6 Å². The Morgan fingerprint density at radius 2 is 2.00 bits per heavy atom. The number of nitriles is 1. The monoisotopic (exact) mass is 484 g/mol. The van der Waals surface area contributed by atoms with Gasteiger partial charge in [-0.05, 0) is 69.4 Å². The van der Waals surface area contributed by atoms with Crippen LogP contribution in [0.15, 0.2) is 59.1 Å². The fourth-order valence-corrected chi connectivity index (χ4v) is 3.33. The maximum Gasteiger partial charge on any atom is 0.341 e. The lowest BCUT2D eigenvalue weighted by molar-refractivity contribution is -0.139. The minimum Gasteiger partial charge on any atom is -0.497 e. The number of benzene rings is 2. The summed E-state index contributed by atoms with van der Waals surface area (Å²) in [5.41, 5.74) is 2.06. The van der Waals surface area contributed by atoms with E-state index in [2.05, 4.69) is 27.8 Å². The van der Waals surface area contributed by atoms with E-state index in [0.29, 0.717) is 33.5 Å². The zero-order valence-electron chi connectivity index (χ0n) is 16.9. The molecule has 31 heavy (non-hydrogen) atoms. The molecule has 2 aromatic carbocycles. The molecule has 0 atom stereocenters. The Bertz CT molecular complexity index is 1040. The van der Waals surface area contributed by atoms with Gasteiger partial charge in [0.25, 0.3) is 5.91 Å². The average molecular weight is 485 g/mol. The maximum absolute atomic E-state index is 12.5. The Kier molecular flexibility index (Phi) is 8.85. The third-order valence-electron chi connectivity index (χ3n) is 4.14. The van der Waals surface area contributed by atoms with Crippen molar-refractivity contribution in [3.05, 3.63) is 75.8 Å². The number of methoxy groups -OCH3 is 1. The zero-order chi connectivity index (χ0) is 22.8. The van der Waals surface area contributed by atoms with Crippen molar-refractivity contribution in [2.24, 2.45) is 0 Å². The van der Waals surface area contributed by atoms with Crippen molar-refractivity contribution in [1.29, 1.82) is 5.26 Å². The van der Waals surface area contributed by atoms with Crippen LogP contribution in [0.5, 0.6) is 11.5 Å². The van der Waals surface area contributed by atoms with E-state index >= 15 is 0 Å². The maximum atomic E-state index is 12.5. The lowest BCUT2D eigenvalue weighted by Gasteiger charge is -2.13. The van der Waals surface area contributed by atoms with Crippen LogP contribution in [-0.4, -0.2) is 30.7 Å². The third kappa shape index (κ3) is 7.01. The van der Waals surface area contributed by atoms with E-state index in [9.17, 15) is 14.9 Å². The summed E-state index contributed by atoms with van der Waals surface area (Å²) in [6, 6.07) is 12.5. The van der Waals surface area contributed by atoms with E-state index in [0.717, 1.165) is 5.56 Å². The van der Waals surface area contributed by atoms with Gasteiger partial charge in [0, 0.05) is 6.54 Å². The van der Waals surface area contributed by atoms with Crippen LogP contribution >= 0.6 is 15.9 Å². The standard InChI is InChI=1S/C23H21BrN2O5/c1-3-4-17-9-16(11-20(24)22(17)31-14-21(27)28)10-18(12-25)23(29)26-13-15-5-7-19(30-2)8-6-15/h3,5-11H,1,4,13-14H2,2H3,(H,26,29)(H,27,28)/b18-10-. The number of ether oxygens (including phenoxy) is 2. The SMILES string of the molecule is C=CCc1cc(/C=C(/C#N)C(=O)NCc2ccc(OC)cc2)cc(Br)c1OCC(=O)O. The Labute approximate surface area is 188 Å². The molecule has 2 rings (SSSR count). The Morgan fingerprint density at radius 3 is 2.58 bits per heavy atom. The quantitative estimate of drug-likeness (QED) is 0.301. The predicted molar refractivity (Wildman–Crippen MR) is 120 cm³/mol. The summed E-state index contributed by atoms with van der Waals surface area (Å²) in [4.78, 5) is 23.3. The summed E-state index contributed by atoms with van der Waals surface area (Å²) in [5.74, 6) is -0.516. The van der Waals surface area contributed by atoms with E-state index in [4.69, 9.17) is 14.6 Å². The van der Waals surface area contributed by atoms with Crippen molar-refractivity contribution in [2.75, 3.05) is 13.7 Å². The van der Waals surface area contributed by atoms with Gasteiger partial charge in [0.2, 0.25) is 0 Å². The molecule has 1 amide bonds. The molecule has 8 heteroatoms. The number of nitrogens with zero attached hydrogens (tertiary/aromatic N) is 1. The molecule has 160 valence electrons. The van der Waals surface area contributed by atoms with Gasteiger partial charge < -0.3 is 19.9 Å². The molecule has 0 fully saturated rings. The van der Waals surface area contributed by atoms with Gasteiger partial charge >= 0.3 is 5.97 Å². The number of aliphatic carboxylic acids is 1. The van der Waals surface area contributed by atoms with Crippen molar-refractivity contribution in [2.45, 2.75) is 13.0 Å². The summed E-state index contributed by atoms with van der Waals surface area (Å²) >= 11 is 3.36. The zero-order valence-corrected chi connectivity index (χ0v) is 18.4. The molecular weight excluding hydrogens is 464 g/mol. The van der Waals surface area contributed by atoms with Crippen LogP contribution in [-0.2, 0) is 22.6 Å². The van der Waals surface area contributed by atoms with Gasteiger partial charge in [-0.1, -0.05) is 18.2 Å². The second kappa shape index (κ2) is 11.6. The number of halogens is 1. The Balaban J connectivity index is 2.21. The first-order valence-corrected chi connectivity index (χ1v) is 9.98. The summed E-state index contributed by atoms with van der Waals surface area (Å²) in [6.45, 7) is 3.46. The third-order valence-corrected chi connectivity index (χ3v) is 4.72. The minimum atomic E-state index is -1.10. The first-order chi connectivity index (χ1) is 14.9. The van der Waals surface area contributed by atoms with Gasteiger partial charge in [0.15, 0.2) is 6.61 Å². The summed E-state index contributed by atoms with van der Waals surface area (Å²) < 4.78 is 11.0. The lowest BCUT2D eigenvalue weighted by Crippen LogP contribution is -2.23. The molecule has 0 aliphatic heterocycles. The molecule has 0 bridgehead atoms. The van der Waals surface area contributed by atoms with E-state index in [-0.39, 0.29) is 12.1 Å². The van der Waals surface area contributed by atoms with Crippen LogP contribution in [0.2, 0.25) is 0 Å². The van der Waals surface area contributed by atoms with Gasteiger partial charge in [-0.3, -0.25) is 4.79 Å². The molecule has 0 aromatic heterocycles. The van der Waals surface area contributed by atoms with E-state index in [1.165, 1.54) is 6.08 Å². The van der Waals surface area contributed by atoms with Crippen molar-refractivity contribution < 1.29 is 24.2 Å². The summed E-state index contributed by atoms with van der Waals surface area (Å²) in [6.07, 6.45) is 3.53. The van der Waals surface area contributed by atoms with Gasteiger partial charge in [0.1, 0.15) is 23.1 Å². The molecule has 0 saturated heterocycles. The molecule has 0 unspecified atom stereocenters. The molecule has 0 spiro atoms. The number of carboxylic acids is 1. The second-order valence-electron chi connectivity index (χ2n) is 6.37. The molecule has 0 saturated carbocycles. The van der Waals surface area contributed by atoms with Crippen LogP contribution in [0.1, 0.15) is 16.7 Å². The second-order valence-corrected chi connectivity index (χ2v) is 7.22. The van der Waals surface area contributed by atoms with Crippen LogP contribution in [0.25, 0.3) is 6.08 Å². The van der Waals surface area contributed by atoms with E-state index in [1.54, 1.807) is 37.5 Å². The molecule has 0 heterocycles. The van der Waals surface area contributed by atoms with Gasteiger partial charge in [-0.15, -0.1) is 6.58 Å². The number of nitrogens with one attached hydrogen (secondary N) is 1. The van der Waals surface area contributed by atoms with Crippen molar-refractivity contribution in [3.63, 3.8) is 0 Å². The average Bonchev–Trinajstić information content (AvgIpc) is 2.75. The highest BCUT2D eigenvalue weighted by atomic mass is 79.9. The van der Waals surface area contributed by atoms with Crippen molar-refractivity contribution in [3.8, 4) is 17.6 Å². The normalized spacial score (nSPS) is 10.7. The lowest BCUT2D eigenvalue weighted by atomic mass is 10.0. The molecule has 2 aromatic rings. The minimum absolute atomic E-state index is 0.0656. The van der Waals surface area contributed by atoms with Gasteiger partial charge in [-0.2, -0.15) is 5.26 Å². The van der Waals surface area contributed by atoms with Gasteiger partial charge in [-0.25, -0.2) is 4.79 Å². The number of rotatable bonds is 10.